The Balaban J connectivity index is 3.01. The number of ether oxygens (including phenoxy) is 1. The minimum atomic E-state index is 0.0299. The Bertz CT molecular complexity index is 275. The highest BCUT2D eigenvalue weighted by molar-refractivity contribution is 6.30. The first-order chi connectivity index (χ1) is 5.65. The van der Waals surface area contributed by atoms with Gasteiger partial charge in [-0.25, -0.2) is 0 Å². The van der Waals surface area contributed by atoms with Crippen LogP contribution in [0.2, 0.25) is 5.02 Å². The zero-order valence-electron chi connectivity index (χ0n) is 7.47. The molecule has 0 aliphatic rings. The van der Waals surface area contributed by atoms with E-state index < -0.39 is 0 Å². The van der Waals surface area contributed by atoms with Gasteiger partial charge in [0.05, 0.1) is 16.8 Å². The van der Waals surface area contributed by atoms with E-state index in [1.807, 2.05) is 19.9 Å². The van der Waals surface area contributed by atoms with Crippen molar-refractivity contribution < 1.29 is 4.74 Å². The van der Waals surface area contributed by atoms with Crippen LogP contribution in [0, 0.1) is 6.92 Å². The second-order valence-corrected chi connectivity index (χ2v) is 3.17. The summed E-state index contributed by atoms with van der Waals surface area (Å²) in [5, 5.41) is 0.666. The Morgan fingerprint density at radius 1 is 1.58 bits per heavy atom. The molecule has 0 spiro atoms. The van der Waals surface area contributed by atoms with Crippen LogP contribution in [-0.4, -0.2) is 12.1 Å². The first-order valence-electron chi connectivity index (χ1n) is 3.80. The van der Waals surface area contributed by atoms with Crippen LogP contribution in [0.1, 0.15) is 24.3 Å². The van der Waals surface area contributed by atoms with E-state index in [0.29, 0.717) is 5.02 Å². The number of nitrogens with zero attached hydrogens (tertiary/aromatic N) is 1. The van der Waals surface area contributed by atoms with Gasteiger partial charge in [-0.2, -0.15) is 0 Å². The van der Waals surface area contributed by atoms with E-state index in [9.17, 15) is 0 Å². The van der Waals surface area contributed by atoms with Crippen molar-refractivity contribution >= 4 is 11.6 Å². The number of aryl methyl sites for hydroxylation is 1. The van der Waals surface area contributed by atoms with Crippen LogP contribution in [0.25, 0.3) is 0 Å². The van der Waals surface area contributed by atoms with Gasteiger partial charge >= 0.3 is 0 Å². The molecule has 0 aromatic carbocycles. The largest absolute Gasteiger partial charge is 0.375 e. The van der Waals surface area contributed by atoms with E-state index in [0.717, 1.165) is 11.3 Å². The van der Waals surface area contributed by atoms with Gasteiger partial charge in [-0.15, -0.1) is 0 Å². The second kappa shape index (κ2) is 3.87. The van der Waals surface area contributed by atoms with Gasteiger partial charge < -0.3 is 4.74 Å². The molecule has 3 heteroatoms. The van der Waals surface area contributed by atoms with Crippen molar-refractivity contribution in [3.63, 3.8) is 0 Å². The summed E-state index contributed by atoms with van der Waals surface area (Å²) in [7, 11) is 1.67. The molecule has 0 N–H and O–H groups in total. The zero-order valence-corrected chi connectivity index (χ0v) is 8.22. The first-order valence-corrected chi connectivity index (χ1v) is 4.17. The van der Waals surface area contributed by atoms with E-state index in [1.54, 1.807) is 13.3 Å². The molecule has 0 saturated carbocycles. The van der Waals surface area contributed by atoms with E-state index in [2.05, 4.69) is 4.98 Å². The van der Waals surface area contributed by atoms with Gasteiger partial charge in [0.15, 0.2) is 0 Å². The van der Waals surface area contributed by atoms with Gasteiger partial charge in [0.2, 0.25) is 0 Å². The molecule has 0 aliphatic heterocycles. The van der Waals surface area contributed by atoms with Crippen LogP contribution in [0.4, 0.5) is 0 Å². The Hall–Kier alpha value is -0.600. The lowest BCUT2D eigenvalue weighted by Gasteiger charge is -2.11. The van der Waals surface area contributed by atoms with Crippen molar-refractivity contribution in [2.45, 2.75) is 20.0 Å². The Kier molecular flexibility index (Phi) is 3.06. The van der Waals surface area contributed by atoms with Crippen molar-refractivity contribution in [3.05, 3.63) is 28.5 Å². The SMILES string of the molecule is COC(C)c1ncc(Cl)cc1C. The fraction of sp³-hybridized carbons (Fsp3) is 0.444. The number of methoxy groups -OCH3 is 1. The minimum Gasteiger partial charge on any atom is -0.375 e. The summed E-state index contributed by atoms with van der Waals surface area (Å²) < 4.78 is 5.15. The average Bonchev–Trinajstić information content (AvgIpc) is 2.03. The van der Waals surface area contributed by atoms with E-state index >= 15 is 0 Å². The molecule has 12 heavy (non-hydrogen) atoms. The quantitative estimate of drug-likeness (QED) is 0.707. The molecule has 2 nitrogen and oxygen atoms in total. The second-order valence-electron chi connectivity index (χ2n) is 2.73. The highest BCUT2D eigenvalue weighted by atomic mass is 35.5. The maximum absolute atomic E-state index is 5.76. The van der Waals surface area contributed by atoms with Gasteiger partial charge in [-0.05, 0) is 25.5 Å². The Morgan fingerprint density at radius 3 is 2.75 bits per heavy atom. The van der Waals surface area contributed by atoms with Gasteiger partial charge in [-0.3, -0.25) is 4.98 Å². The summed E-state index contributed by atoms with van der Waals surface area (Å²) in [6.45, 7) is 3.94. The smallest absolute Gasteiger partial charge is 0.0965 e. The number of pyridine rings is 1. The Morgan fingerprint density at radius 2 is 2.25 bits per heavy atom. The molecule has 1 heterocycles. The molecular formula is C9H12ClNO. The standard InChI is InChI=1S/C9H12ClNO/c1-6-4-8(10)5-11-9(6)7(2)12-3/h4-5,7H,1-3H3. The predicted molar refractivity (Wildman–Crippen MR) is 49.4 cm³/mol. The van der Waals surface area contributed by atoms with E-state index in [-0.39, 0.29) is 6.10 Å². The fourth-order valence-electron chi connectivity index (χ4n) is 1.09. The first kappa shape index (κ1) is 9.49. The van der Waals surface area contributed by atoms with Crippen LogP contribution in [0.15, 0.2) is 12.3 Å². The fourth-order valence-corrected chi connectivity index (χ4v) is 1.30. The maximum atomic E-state index is 5.76. The third-order valence-electron chi connectivity index (χ3n) is 1.82. The molecule has 0 fully saturated rings. The molecule has 0 radical (unpaired) electrons. The topological polar surface area (TPSA) is 22.1 Å². The van der Waals surface area contributed by atoms with Gasteiger partial charge in [0, 0.05) is 13.3 Å². The predicted octanol–water partition coefficient (Wildman–Crippen LogP) is 2.75. The number of rotatable bonds is 2. The monoisotopic (exact) mass is 185 g/mol. The number of hydrogen-bond donors (Lipinski definition) is 0. The average molecular weight is 186 g/mol. The van der Waals surface area contributed by atoms with E-state index in [1.165, 1.54) is 0 Å². The van der Waals surface area contributed by atoms with Crippen LogP contribution in [0.3, 0.4) is 0 Å². The molecule has 1 aromatic heterocycles. The van der Waals surface area contributed by atoms with Crippen molar-refractivity contribution in [3.8, 4) is 0 Å². The molecule has 1 atom stereocenters. The molecule has 0 bridgehead atoms. The summed E-state index contributed by atoms with van der Waals surface area (Å²) >= 11 is 5.76. The maximum Gasteiger partial charge on any atom is 0.0965 e. The molecule has 0 aliphatic carbocycles. The van der Waals surface area contributed by atoms with Crippen molar-refractivity contribution in [2.24, 2.45) is 0 Å². The van der Waals surface area contributed by atoms with E-state index in [4.69, 9.17) is 16.3 Å². The number of halogens is 1. The van der Waals surface area contributed by atoms with Crippen LogP contribution in [-0.2, 0) is 4.74 Å². The van der Waals surface area contributed by atoms with Crippen molar-refractivity contribution in [1.82, 2.24) is 4.98 Å². The number of aromatic nitrogens is 1. The lowest BCUT2D eigenvalue weighted by Crippen LogP contribution is -2.01. The molecule has 1 rings (SSSR count). The summed E-state index contributed by atoms with van der Waals surface area (Å²) in [6.07, 6.45) is 1.67. The summed E-state index contributed by atoms with van der Waals surface area (Å²) in [5.41, 5.74) is 2.01. The summed E-state index contributed by atoms with van der Waals surface area (Å²) in [6, 6.07) is 1.89. The molecule has 66 valence electrons. The van der Waals surface area contributed by atoms with Gasteiger partial charge in [0.1, 0.15) is 0 Å². The lowest BCUT2D eigenvalue weighted by atomic mass is 10.1. The Labute approximate surface area is 77.5 Å². The summed E-state index contributed by atoms with van der Waals surface area (Å²) in [5.74, 6) is 0. The van der Waals surface area contributed by atoms with Crippen molar-refractivity contribution in [2.75, 3.05) is 7.11 Å². The van der Waals surface area contributed by atoms with Crippen LogP contribution in [0.5, 0.6) is 0 Å². The van der Waals surface area contributed by atoms with Gasteiger partial charge in [-0.1, -0.05) is 11.6 Å². The third-order valence-corrected chi connectivity index (χ3v) is 2.03. The minimum absolute atomic E-state index is 0.0299. The summed E-state index contributed by atoms with van der Waals surface area (Å²) in [4.78, 5) is 4.19. The molecule has 1 aromatic rings. The zero-order chi connectivity index (χ0) is 9.14. The molecule has 1 unspecified atom stereocenters. The molecule has 0 amide bonds. The highest BCUT2D eigenvalue weighted by Crippen LogP contribution is 2.19. The third kappa shape index (κ3) is 1.96. The lowest BCUT2D eigenvalue weighted by molar-refractivity contribution is 0.115. The van der Waals surface area contributed by atoms with Crippen LogP contribution >= 0.6 is 11.6 Å². The molecule has 0 saturated heterocycles. The highest BCUT2D eigenvalue weighted by Gasteiger charge is 2.08. The van der Waals surface area contributed by atoms with Gasteiger partial charge in [0.25, 0.3) is 0 Å². The molecular weight excluding hydrogens is 174 g/mol. The number of hydrogen-bond acceptors (Lipinski definition) is 2. The van der Waals surface area contributed by atoms with Crippen LogP contribution < -0.4 is 0 Å². The normalized spacial score (nSPS) is 13.0. The van der Waals surface area contributed by atoms with Crippen molar-refractivity contribution in [1.29, 1.82) is 0 Å².